The number of methoxy groups -OCH3 is 1. The molecular formula is C19H22N4O4S2. The second-order valence-electron chi connectivity index (χ2n) is 6.28. The van der Waals surface area contributed by atoms with E-state index in [1.54, 1.807) is 12.3 Å². The van der Waals surface area contributed by atoms with Crippen LogP contribution in [0.3, 0.4) is 0 Å². The van der Waals surface area contributed by atoms with E-state index in [0.717, 1.165) is 35.0 Å². The standard InChI is InChI=1S/C19H22N4O4S2/c1-5-7-23-16(13-6-8-27-12(13)3)21-22-19(23)28-10-15(24)20-17-14(18(25)26-4)9-11(2)29-17/h6,8-9H,5,7,10H2,1-4H3,(H,20,24). The lowest BCUT2D eigenvalue weighted by Crippen LogP contribution is -2.16. The van der Waals surface area contributed by atoms with Crippen molar-refractivity contribution in [2.45, 2.75) is 38.9 Å². The molecule has 3 rings (SSSR count). The number of hydrogen-bond donors (Lipinski definition) is 1. The summed E-state index contributed by atoms with van der Waals surface area (Å²) >= 11 is 2.64. The number of rotatable bonds is 8. The van der Waals surface area contributed by atoms with Gasteiger partial charge in [-0.05, 0) is 32.4 Å². The zero-order chi connectivity index (χ0) is 21.0. The van der Waals surface area contributed by atoms with E-state index in [0.29, 0.717) is 15.7 Å². The molecule has 0 aliphatic carbocycles. The van der Waals surface area contributed by atoms with Crippen LogP contribution < -0.4 is 5.32 Å². The number of anilines is 1. The molecular weight excluding hydrogens is 412 g/mol. The Kier molecular flexibility index (Phi) is 6.75. The van der Waals surface area contributed by atoms with Gasteiger partial charge in [-0.3, -0.25) is 4.79 Å². The second kappa shape index (κ2) is 9.27. The Labute approximate surface area is 176 Å². The Hall–Kier alpha value is -2.59. The van der Waals surface area contributed by atoms with Crippen molar-refractivity contribution in [3.8, 4) is 11.4 Å². The van der Waals surface area contributed by atoms with Gasteiger partial charge in [-0.15, -0.1) is 21.5 Å². The SMILES string of the molecule is CCCn1c(SCC(=O)Nc2sc(C)cc2C(=O)OC)nnc1-c1ccoc1C. The fourth-order valence-corrected chi connectivity index (χ4v) is 4.48. The number of aromatic nitrogens is 3. The molecule has 3 aromatic heterocycles. The molecule has 0 saturated carbocycles. The molecule has 0 aliphatic rings. The minimum Gasteiger partial charge on any atom is -0.469 e. The summed E-state index contributed by atoms with van der Waals surface area (Å²) in [5.41, 5.74) is 1.25. The predicted octanol–water partition coefficient (Wildman–Crippen LogP) is 4.14. The van der Waals surface area contributed by atoms with Crippen molar-refractivity contribution in [3.05, 3.63) is 34.6 Å². The van der Waals surface area contributed by atoms with Crippen molar-refractivity contribution >= 4 is 40.0 Å². The lowest BCUT2D eigenvalue weighted by Gasteiger charge is -2.08. The fraction of sp³-hybridized carbons (Fsp3) is 0.368. The van der Waals surface area contributed by atoms with Gasteiger partial charge >= 0.3 is 5.97 Å². The van der Waals surface area contributed by atoms with Gasteiger partial charge in [0.2, 0.25) is 5.91 Å². The Balaban J connectivity index is 1.72. The molecule has 0 aromatic carbocycles. The van der Waals surface area contributed by atoms with Crippen molar-refractivity contribution in [3.63, 3.8) is 0 Å². The number of hydrogen-bond acceptors (Lipinski definition) is 8. The Bertz CT molecular complexity index is 1020. The highest BCUT2D eigenvalue weighted by Gasteiger charge is 2.20. The molecule has 1 amide bonds. The summed E-state index contributed by atoms with van der Waals surface area (Å²) in [6, 6.07) is 3.57. The third-order valence-corrected chi connectivity index (χ3v) is 6.04. The van der Waals surface area contributed by atoms with Crippen molar-refractivity contribution in [1.82, 2.24) is 14.8 Å². The molecule has 10 heteroatoms. The van der Waals surface area contributed by atoms with Crippen molar-refractivity contribution in [1.29, 1.82) is 0 Å². The molecule has 3 aromatic rings. The first-order valence-corrected chi connectivity index (χ1v) is 10.8. The highest BCUT2D eigenvalue weighted by atomic mass is 32.2. The number of furan rings is 1. The highest BCUT2D eigenvalue weighted by molar-refractivity contribution is 7.99. The van der Waals surface area contributed by atoms with Crippen molar-refractivity contribution < 1.29 is 18.7 Å². The number of thioether (sulfide) groups is 1. The quantitative estimate of drug-likeness (QED) is 0.420. The van der Waals surface area contributed by atoms with Gasteiger partial charge in [-0.25, -0.2) is 4.79 Å². The zero-order valence-electron chi connectivity index (χ0n) is 16.6. The minimum absolute atomic E-state index is 0.143. The van der Waals surface area contributed by atoms with Crippen LogP contribution in [0, 0.1) is 13.8 Å². The lowest BCUT2D eigenvalue weighted by molar-refractivity contribution is -0.113. The molecule has 8 nitrogen and oxygen atoms in total. The van der Waals surface area contributed by atoms with E-state index in [1.807, 2.05) is 24.5 Å². The van der Waals surface area contributed by atoms with E-state index in [4.69, 9.17) is 9.15 Å². The van der Waals surface area contributed by atoms with E-state index < -0.39 is 5.97 Å². The number of ether oxygens (including phenoxy) is 1. The van der Waals surface area contributed by atoms with Crippen LogP contribution in [0.5, 0.6) is 0 Å². The van der Waals surface area contributed by atoms with Crippen LogP contribution in [0.25, 0.3) is 11.4 Å². The number of thiophene rings is 1. The summed E-state index contributed by atoms with van der Waals surface area (Å²) in [4.78, 5) is 25.2. The van der Waals surface area contributed by atoms with Gasteiger partial charge < -0.3 is 19.0 Å². The molecule has 3 heterocycles. The first-order chi connectivity index (χ1) is 13.9. The number of nitrogens with zero attached hydrogens (tertiary/aromatic N) is 3. The van der Waals surface area contributed by atoms with Gasteiger partial charge in [0.15, 0.2) is 11.0 Å². The van der Waals surface area contributed by atoms with Gasteiger partial charge in [0.1, 0.15) is 10.8 Å². The first-order valence-electron chi connectivity index (χ1n) is 9.03. The van der Waals surface area contributed by atoms with Crippen molar-refractivity contribution in [2.75, 3.05) is 18.2 Å². The Morgan fingerprint density at radius 1 is 1.34 bits per heavy atom. The number of amides is 1. The predicted molar refractivity (Wildman–Crippen MR) is 113 cm³/mol. The van der Waals surface area contributed by atoms with E-state index in [1.165, 1.54) is 30.2 Å². The number of carbonyl (C=O) groups excluding carboxylic acids is 2. The average Bonchev–Trinajstić information content (AvgIpc) is 3.38. The maximum Gasteiger partial charge on any atom is 0.340 e. The van der Waals surface area contributed by atoms with Crippen molar-refractivity contribution in [2.24, 2.45) is 0 Å². The average molecular weight is 435 g/mol. The van der Waals surface area contributed by atoms with Crippen LogP contribution in [-0.2, 0) is 16.1 Å². The van der Waals surface area contributed by atoms with Gasteiger partial charge in [0.25, 0.3) is 0 Å². The van der Waals surface area contributed by atoms with Crippen LogP contribution in [0.4, 0.5) is 5.00 Å². The lowest BCUT2D eigenvalue weighted by atomic mass is 10.2. The van der Waals surface area contributed by atoms with Gasteiger partial charge in [0.05, 0.1) is 30.3 Å². The molecule has 0 bridgehead atoms. The van der Waals surface area contributed by atoms with Gasteiger partial charge in [0, 0.05) is 11.4 Å². The van der Waals surface area contributed by atoms with E-state index in [9.17, 15) is 9.59 Å². The van der Waals surface area contributed by atoms with Crippen LogP contribution in [0.15, 0.2) is 28.0 Å². The Morgan fingerprint density at radius 2 is 2.14 bits per heavy atom. The highest BCUT2D eigenvalue weighted by Crippen LogP contribution is 2.30. The summed E-state index contributed by atoms with van der Waals surface area (Å²) in [7, 11) is 1.32. The van der Waals surface area contributed by atoms with Gasteiger partial charge in [-0.1, -0.05) is 18.7 Å². The molecule has 0 fully saturated rings. The third-order valence-electron chi connectivity index (χ3n) is 4.11. The van der Waals surface area contributed by atoms with Crippen LogP contribution in [0.2, 0.25) is 0 Å². The maximum atomic E-state index is 12.5. The van der Waals surface area contributed by atoms with Crippen LogP contribution >= 0.6 is 23.1 Å². The molecule has 29 heavy (non-hydrogen) atoms. The molecule has 0 aliphatic heterocycles. The zero-order valence-corrected chi connectivity index (χ0v) is 18.3. The van der Waals surface area contributed by atoms with Crippen LogP contribution in [-0.4, -0.2) is 39.5 Å². The number of nitrogens with one attached hydrogen (secondary N) is 1. The molecule has 0 radical (unpaired) electrons. The number of carbonyl (C=O) groups is 2. The summed E-state index contributed by atoms with van der Waals surface area (Å²) in [5, 5.41) is 12.5. The summed E-state index contributed by atoms with van der Waals surface area (Å²) in [5.74, 6) is 0.938. The largest absolute Gasteiger partial charge is 0.469 e. The molecule has 1 N–H and O–H groups in total. The topological polar surface area (TPSA) is 99.2 Å². The number of esters is 1. The van der Waals surface area contributed by atoms with E-state index in [-0.39, 0.29) is 11.7 Å². The normalized spacial score (nSPS) is 10.9. The molecule has 0 saturated heterocycles. The molecule has 0 spiro atoms. The summed E-state index contributed by atoms with van der Waals surface area (Å²) in [6.45, 7) is 6.55. The first kappa shape index (κ1) is 21.1. The monoisotopic (exact) mass is 434 g/mol. The molecule has 154 valence electrons. The summed E-state index contributed by atoms with van der Waals surface area (Å²) in [6.07, 6.45) is 2.52. The molecule has 0 unspecified atom stereocenters. The maximum absolute atomic E-state index is 12.5. The van der Waals surface area contributed by atoms with Crippen LogP contribution in [0.1, 0.15) is 34.3 Å². The molecule has 0 atom stereocenters. The van der Waals surface area contributed by atoms with E-state index >= 15 is 0 Å². The van der Waals surface area contributed by atoms with E-state index in [2.05, 4.69) is 22.4 Å². The number of aryl methyl sites for hydroxylation is 2. The second-order valence-corrected chi connectivity index (χ2v) is 8.48. The third kappa shape index (κ3) is 4.70. The fourth-order valence-electron chi connectivity index (χ4n) is 2.80. The summed E-state index contributed by atoms with van der Waals surface area (Å²) < 4.78 is 12.1. The smallest absolute Gasteiger partial charge is 0.340 e. The van der Waals surface area contributed by atoms with Gasteiger partial charge in [-0.2, -0.15) is 0 Å². The minimum atomic E-state index is -0.472. The Morgan fingerprint density at radius 3 is 2.79 bits per heavy atom.